The molecule has 0 saturated carbocycles. The molecule has 36 heavy (non-hydrogen) atoms. The van der Waals surface area contributed by atoms with Crippen LogP contribution < -0.4 is 9.62 Å². The Kier molecular flexibility index (Phi) is 7.70. The van der Waals surface area contributed by atoms with E-state index in [1.165, 1.54) is 40.7 Å². The maximum atomic E-state index is 13.5. The summed E-state index contributed by atoms with van der Waals surface area (Å²) in [6, 6.07) is 18.5. The van der Waals surface area contributed by atoms with Gasteiger partial charge in [-0.3, -0.25) is 9.10 Å². The van der Waals surface area contributed by atoms with Gasteiger partial charge in [-0.15, -0.1) is 0 Å². The van der Waals surface area contributed by atoms with Crippen molar-refractivity contribution < 1.29 is 21.6 Å². The minimum atomic E-state index is -4.09. The molecule has 1 amide bonds. The number of hydrogen-bond acceptors (Lipinski definition) is 5. The van der Waals surface area contributed by atoms with Gasteiger partial charge in [0.2, 0.25) is 15.9 Å². The molecular weight excluding hydrogens is 522 g/mol. The quantitative estimate of drug-likeness (QED) is 0.453. The number of halogens is 1. The lowest BCUT2D eigenvalue weighted by Gasteiger charge is -2.26. The molecule has 0 aromatic heterocycles. The van der Waals surface area contributed by atoms with Gasteiger partial charge in [-0.2, -0.15) is 4.31 Å². The molecule has 190 valence electrons. The van der Waals surface area contributed by atoms with Gasteiger partial charge in [0.1, 0.15) is 6.54 Å². The summed E-state index contributed by atoms with van der Waals surface area (Å²) in [6.45, 7) is 2.17. The molecule has 3 aromatic carbocycles. The van der Waals surface area contributed by atoms with Crippen molar-refractivity contribution >= 4 is 48.9 Å². The van der Waals surface area contributed by atoms with Gasteiger partial charge in [0, 0.05) is 23.8 Å². The molecular formula is C25H26ClN3O5S2. The topological polar surface area (TPSA) is 104 Å². The third kappa shape index (κ3) is 5.41. The van der Waals surface area contributed by atoms with Gasteiger partial charge in [-0.1, -0.05) is 35.9 Å². The van der Waals surface area contributed by atoms with Crippen LogP contribution in [0.4, 0.5) is 11.4 Å². The van der Waals surface area contributed by atoms with Crippen molar-refractivity contribution in [2.24, 2.45) is 0 Å². The summed E-state index contributed by atoms with van der Waals surface area (Å²) in [4.78, 5) is 13.2. The SMILES string of the molecule is Cc1c(Cl)cccc1N(CC(=O)Nc1ccc(S(=O)(=O)N2CCCC2)cc1)S(=O)(=O)c1ccccc1. The van der Waals surface area contributed by atoms with Crippen molar-refractivity contribution in [2.75, 3.05) is 29.3 Å². The van der Waals surface area contributed by atoms with Crippen LogP contribution in [-0.4, -0.2) is 46.7 Å². The van der Waals surface area contributed by atoms with Crippen LogP contribution in [0.15, 0.2) is 82.6 Å². The molecule has 1 fully saturated rings. The van der Waals surface area contributed by atoms with Gasteiger partial charge >= 0.3 is 0 Å². The van der Waals surface area contributed by atoms with E-state index in [1.807, 2.05) is 0 Å². The number of hydrogen-bond donors (Lipinski definition) is 1. The van der Waals surface area contributed by atoms with Gasteiger partial charge in [-0.25, -0.2) is 16.8 Å². The monoisotopic (exact) mass is 547 g/mol. The smallest absolute Gasteiger partial charge is 0.264 e. The summed E-state index contributed by atoms with van der Waals surface area (Å²) in [7, 11) is -7.66. The van der Waals surface area contributed by atoms with Crippen LogP contribution in [0.2, 0.25) is 5.02 Å². The maximum absolute atomic E-state index is 13.5. The van der Waals surface area contributed by atoms with E-state index in [0.29, 0.717) is 29.4 Å². The van der Waals surface area contributed by atoms with Crippen molar-refractivity contribution in [1.82, 2.24) is 4.31 Å². The normalized spacial score (nSPS) is 14.5. The highest BCUT2D eigenvalue weighted by atomic mass is 35.5. The summed E-state index contributed by atoms with van der Waals surface area (Å²) in [5, 5.41) is 3.03. The second kappa shape index (κ2) is 10.6. The fourth-order valence-corrected chi connectivity index (χ4v) is 7.19. The van der Waals surface area contributed by atoms with Crippen LogP contribution in [0, 0.1) is 6.92 Å². The number of sulfonamides is 2. The lowest BCUT2D eigenvalue weighted by molar-refractivity contribution is -0.114. The van der Waals surface area contributed by atoms with Crippen molar-refractivity contribution in [3.8, 4) is 0 Å². The zero-order valence-electron chi connectivity index (χ0n) is 19.6. The molecule has 0 aliphatic carbocycles. The number of anilines is 2. The Labute approximate surface area is 216 Å². The highest BCUT2D eigenvalue weighted by Gasteiger charge is 2.29. The van der Waals surface area contributed by atoms with Crippen molar-refractivity contribution in [2.45, 2.75) is 29.6 Å². The molecule has 3 aromatic rings. The predicted molar refractivity (Wildman–Crippen MR) is 140 cm³/mol. The van der Waals surface area contributed by atoms with E-state index in [-0.39, 0.29) is 15.5 Å². The van der Waals surface area contributed by atoms with E-state index >= 15 is 0 Å². The Balaban J connectivity index is 1.58. The standard InChI is InChI=1S/C25H26ClN3O5S2/c1-19-23(26)10-7-11-24(19)29(36(33,34)21-8-3-2-4-9-21)18-25(30)27-20-12-14-22(15-13-20)35(31,32)28-16-5-6-17-28/h2-4,7-15H,5-6,16-18H2,1H3,(H,27,30). The van der Waals surface area contributed by atoms with Crippen molar-refractivity contribution in [1.29, 1.82) is 0 Å². The molecule has 11 heteroatoms. The van der Waals surface area contributed by atoms with E-state index in [2.05, 4.69) is 5.32 Å². The Morgan fingerprint density at radius 2 is 1.53 bits per heavy atom. The van der Waals surface area contributed by atoms with Crippen molar-refractivity contribution in [3.05, 3.63) is 83.4 Å². The van der Waals surface area contributed by atoms with E-state index in [0.717, 1.165) is 17.1 Å². The number of carbonyl (C=O) groups is 1. The first-order chi connectivity index (χ1) is 17.1. The van der Waals surface area contributed by atoms with E-state index in [1.54, 1.807) is 43.3 Å². The molecule has 0 bridgehead atoms. The molecule has 1 aliphatic heterocycles. The molecule has 0 unspecified atom stereocenters. The van der Waals surface area contributed by atoms with Gasteiger partial charge in [-0.05, 0) is 73.9 Å². The van der Waals surface area contributed by atoms with Gasteiger partial charge in [0.25, 0.3) is 10.0 Å². The predicted octanol–water partition coefficient (Wildman–Crippen LogP) is 4.27. The third-order valence-electron chi connectivity index (χ3n) is 5.97. The summed E-state index contributed by atoms with van der Waals surface area (Å²) < 4.78 is 54.9. The van der Waals surface area contributed by atoms with Crippen LogP contribution >= 0.6 is 11.6 Å². The Morgan fingerprint density at radius 1 is 0.889 bits per heavy atom. The number of rotatable bonds is 8. The minimum Gasteiger partial charge on any atom is -0.325 e. The number of carbonyl (C=O) groups excluding carboxylic acids is 1. The molecule has 4 rings (SSSR count). The fourth-order valence-electron chi connectivity index (χ4n) is 4.00. The third-order valence-corrected chi connectivity index (χ3v) is 10.1. The lowest BCUT2D eigenvalue weighted by Crippen LogP contribution is -2.38. The first kappa shape index (κ1) is 26.2. The number of benzene rings is 3. The molecule has 1 heterocycles. The van der Waals surface area contributed by atoms with E-state index in [9.17, 15) is 21.6 Å². The molecule has 8 nitrogen and oxygen atoms in total. The van der Waals surface area contributed by atoms with Crippen LogP contribution in [0.3, 0.4) is 0 Å². The van der Waals surface area contributed by atoms with Crippen LogP contribution in [0.5, 0.6) is 0 Å². The minimum absolute atomic E-state index is 0.0358. The fraction of sp³-hybridized carbons (Fsp3) is 0.240. The second-order valence-corrected chi connectivity index (χ2v) is 12.6. The van der Waals surface area contributed by atoms with Crippen molar-refractivity contribution in [3.63, 3.8) is 0 Å². The Hall–Kier alpha value is -2.92. The lowest BCUT2D eigenvalue weighted by atomic mass is 10.2. The molecule has 0 atom stereocenters. The zero-order chi connectivity index (χ0) is 25.9. The first-order valence-electron chi connectivity index (χ1n) is 11.3. The van der Waals surface area contributed by atoms with Gasteiger partial charge in [0.15, 0.2) is 0 Å². The Bertz CT molecular complexity index is 1460. The average molecular weight is 548 g/mol. The number of amides is 1. The number of nitrogens with one attached hydrogen (secondary N) is 1. The van der Waals surface area contributed by atoms with Gasteiger partial charge < -0.3 is 5.32 Å². The van der Waals surface area contributed by atoms with Crippen LogP contribution in [0.25, 0.3) is 0 Å². The van der Waals surface area contributed by atoms with Gasteiger partial charge in [0.05, 0.1) is 15.5 Å². The largest absolute Gasteiger partial charge is 0.325 e. The maximum Gasteiger partial charge on any atom is 0.264 e. The molecule has 0 radical (unpaired) electrons. The van der Waals surface area contributed by atoms with Crippen LogP contribution in [-0.2, 0) is 24.8 Å². The molecule has 0 spiro atoms. The molecule has 1 saturated heterocycles. The second-order valence-electron chi connectivity index (χ2n) is 8.39. The zero-order valence-corrected chi connectivity index (χ0v) is 22.0. The highest BCUT2D eigenvalue weighted by Crippen LogP contribution is 2.31. The summed E-state index contributed by atoms with van der Waals surface area (Å²) in [5.41, 5.74) is 1.15. The van der Waals surface area contributed by atoms with E-state index in [4.69, 9.17) is 11.6 Å². The Morgan fingerprint density at radius 3 is 2.17 bits per heavy atom. The summed E-state index contributed by atoms with van der Waals surface area (Å²) in [6.07, 6.45) is 1.67. The first-order valence-corrected chi connectivity index (χ1v) is 14.6. The summed E-state index contributed by atoms with van der Waals surface area (Å²) >= 11 is 6.24. The average Bonchev–Trinajstić information content (AvgIpc) is 3.41. The van der Waals surface area contributed by atoms with Crippen LogP contribution in [0.1, 0.15) is 18.4 Å². The highest BCUT2D eigenvalue weighted by molar-refractivity contribution is 7.92. The van der Waals surface area contributed by atoms with E-state index < -0.39 is 32.5 Å². The molecule has 1 aliphatic rings. The molecule has 1 N–H and O–H groups in total. The summed E-state index contributed by atoms with van der Waals surface area (Å²) in [5.74, 6) is -0.593. The number of nitrogens with zero attached hydrogens (tertiary/aromatic N) is 2.